The lowest BCUT2D eigenvalue weighted by Gasteiger charge is -2.16. The molecule has 2 aromatic rings. The molecule has 0 unspecified atom stereocenters. The zero-order valence-electron chi connectivity index (χ0n) is 13.5. The Labute approximate surface area is 131 Å². The van der Waals surface area contributed by atoms with E-state index in [0.717, 1.165) is 16.8 Å². The molecular weight excluding hydrogens is 278 g/mol. The van der Waals surface area contributed by atoms with Crippen LogP contribution in [0.15, 0.2) is 42.6 Å². The van der Waals surface area contributed by atoms with Crippen molar-refractivity contribution in [2.45, 2.75) is 20.3 Å². The topological polar surface area (TPSA) is 68.5 Å². The number of pyridine rings is 1. The Morgan fingerprint density at radius 2 is 1.86 bits per heavy atom. The monoisotopic (exact) mass is 301 g/mol. The fourth-order valence-electron chi connectivity index (χ4n) is 1.76. The molecule has 2 rings (SSSR count). The average molecular weight is 301 g/mol. The Bertz CT molecular complexity index is 614. The van der Waals surface area contributed by atoms with Gasteiger partial charge in [-0.25, -0.2) is 9.78 Å². The Hall–Kier alpha value is -2.56. The molecule has 0 saturated heterocycles. The van der Waals surface area contributed by atoms with Crippen molar-refractivity contribution in [3.63, 3.8) is 0 Å². The van der Waals surface area contributed by atoms with Crippen molar-refractivity contribution in [2.75, 3.05) is 24.8 Å². The first-order chi connectivity index (χ1) is 10.5. The predicted molar refractivity (Wildman–Crippen MR) is 90.9 cm³/mol. The lowest BCUT2D eigenvalue weighted by Crippen LogP contribution is -2.25. The standard InChI is InChI=1S/C14H15N3O2.C3H8/c1-17(14(18)19-2)12-5-3-4-10(8-12)11-6-7-16-13(15)9-11;1-3-2/h3-9H,1-2H3,(H2,15,16);3H2,1-2H3. The highest BCUT2D eigenvalue weighted by Gasteiger charge is 2.11. The minimum Gasteiger partial charge on any atom is -0.452 e. The SMILES string of the molecule is CCC.COC(=O)N(C)c1cccc(-c2ccnc(N)c2)c1. The van der Waals surface area contributed by atoms with E-state index in [0.29, 0.717) is 5.82 Å². The normalized spacial score (nSPS) is 9.45. The lowest BCUT2D eigenvalue weighted by molar-refractivity contribution is 0.180. The molecule has 1 aromatic carbocycles. The second-order valence-corrected chi connectivity index (χ2v) is 4.76. The molecule has 1 amide bonds. The van der Waals surface area contributed by atoms with E-state index in [1.54, 1.807) is 19.3 Å². The molecule has 0 saturated carbocycles. The molecule has 0 radical (unpaired) electrons. The maximum absolute atomic E-state index is 11.5. The fraction of sp³-hybridized carbons (Fsp3) is 0.294. The van der Waals surface area contributed by atoms with Crippen molar-refractivity contribution in [2.24, 2.45) is 0 Å². The number of hydrogen-bond donors (Lipinski definition) is 1. The Kier molecular flexibility index (Phi) is 6.89. The molecule has 0 aliphatic carbocycles. The number of anilines is 2. The van der Waals surface area contributed by atoms with Gasteiger partial charge < -0.3 is 10.5 Å². The van der Waals surface area contributed by atoms with Crippen molar-refractivity contribution in [1.82, 2.24) is 4.98 Å². The van der Waals surface area contributed by atoms with Gasteiger partial charge in [-0.15, -0.1) is 0 Å². The number of aromatic nitrogens is 1. The maximum atomic E-state index is 11.5. The number of ether oxygens (including phenoxy) is 1. The predicted octanol–water partition coefficient (Wildman–Crippen LogP) is 3.95. The van der Waals surface area contributed by atoms with Crippen LogP contribution in [-0.2, 0) is 4.74 Å². The van der Waals surface area contributed by atoms with Gasteiger partial charge in [-0.3, -0.25) is 4.90 Å². The Balaban J connectivity index is 0.000000745. The zero-order valence-corrected chi connectivity index (χ0v) is 13.5. The van der Waals surface area contributed by atoms with E-state index >= 15 is 0 Å². The highest BCUT2D eigenvalue weighted by atomic mass is 16.5. The van der Waals surface area contributed by atoms with Crippen LogP contribution in [0.1, 0.15) is 20.3 Å². The van der Waals surface area contributed by atoms with Crippen LogP contribution in [0, 0.1) is 0 Å². The van der Waals surface area contributed by atoms with Gasteiger partial charge in [-0.2, -0.15) is 0 Å². The molecule has 1 heterocycles. The maximum Gasteiger partial charge on any atom is 0.413 e. The first kappa shape index (κ1) is 17.5. The third-order valence-electron chi connectivity index (χ3n) is 2.80. The summed E-state index contributed by atoms with van der Waals surface area (Å²) in [6.45, 7) is 4.25. The fourth-order valence-corrected chi connectivity index (χ4v) is 1.76. The number of carbonyl (C=O) groups excluding carboxylic acids is 1. The number of methoxy groups -OCH3 is 1. The van der Waals surface area contributed by atoms with E-state index in [1.165, 1.54) is 18.4 Å². The van der Waals surface area contributed by atoms with Crippen LogP contribution < -0.4 is 10.6 Å². The summed E-state index contributed by atoms with van der Waals surface area (Å²) in [5.74, 6) is 0.462. The number of rotatable bonds is 2. The van der Waals surface area contributed by atoms with Crippen LogP contribution >= 0.6 is 0 Å². The van der Waals surface area contributed by atoms with Crippen LogP contribution in [0.3, 0.4) is 0 Å². The summed E-state index contributed by atoms with van der Waals surface area (Å²) in [6, 6.07) is 11.2. The molecule has 5 heteroatoms. The first-order valence-corrected chi connectivity index (χ1v) is 7.17. The summed E-state index contributed by atoms with van der Waals surface area (Å²) in [5, 5.41) is 0. The molecule has 0 aliphatic rings. The van der Waals surface area contributed by atoms with Crippen LogP contribution in [0.25, 0.3) is 11.1 Å². The number of nitrogens with zero attached hydrogens (tertiary/aromatic N) is 2. The average Bonchev–Trinajstić information content (AvgIpc) is 2.54. The van der Waals surface area contributed by atoms with Crippen molar-refractivity contribution in [1.29, 1.82) is 0 Å². The number of amides is 1. The molecule has 5 nitrogen and oxygen atoms in total. The molecule has 22 heavy (non-hydrogen) atoms. The van der Waals surface area contributed by atoms with Gasteiger partial charge in [0.1, 0.15) is 5.82 Å². The first-order valence-electron chi connectivity index (χ1n) is 7.17. The third-order valence-corrected chi connectivity index (χ3v) is 2.80. The summed E-state index contributed by atoms with van der Waals surface area (Å²) in [5.41, 5.74) is 8.33. The van der Waals surface area contributed by atoms with E-state index < -0.39 is 6.09 Å². The van der Waals surface area contributed by atoms with E-state index in [-0.39, 0.29) is 0 Å². The zero-order chi connectivity index (χ0) is 16.5. The summed E-state index contributed by atoms with van der Waals surface area (Å²) < 4.78 is 4.69. The molecule has 0 bridgehead atoms. The summed E-state index contributed by atoms with van der Waals surface area (Å²) >= 11 is 0. The summed E-state index contributed by atoms with van der Waals surface area (Å²) in [4.78, 5) is 16.9. The Morgan fingerprint density at radius 1 is 1.23 bits per heavy atom. The quantitative estimate of drug-likeness (QED) is 0.912. The highest BCUT2D eigenvalue weighted by Crippen LogP contribution is 2.25. The number of nitrogen functional groups attached to an aromatic ring is 1. The Morgan fingerprint density at radius 3 is 2.45 bits per heavy atom. The molecule has 1 aromatic heterocycles. The van der Waals surface area contributed by atoms with E-state index in [9.17, 15) is 4.79 Å². The van der Waals surface area contributed by atoms with E-state index in [1.807, 2.05) is 30.3 Å². The molecular formula is C17H23N3O2. The van der Waals surface area contributed by atoms with Gasteiger partial charge in [0.15, 0.2) is 0 Å². The van der Waals surface area contributed by atoms with Gasteiger partial charge in [-0.05, 0) is 35.4 Å². The summed E-state index contributed by atoms with van der Waals surface area (Å²) in [7, 11) is 3.01. The highest BCUT2D eigenvalue weighted by molar-refractivity contribution is 5.88. The number of carbonyl (C=O) groups is 1. The largest absolute Gasteiger partial charge is 0.452 e. The van der Waals surface area contributed by atoms with Gasteiger partial charge in [0.2, 0.25) is 0 Å². The van der Waals surface area contributed by atoms with Crippen LogP contribution in [0.5, 0.6) is 0 Å². The van der Waals surface area contributed by atoms with Gasteiger partial charge in [0.25, 0.3) is 0 Å². The van der Waals surface area contributed by atoms with Gasteiger partial charge in [0, 0.05) is 18.9 Å². The van der Waals surface area contributed by atoms with Crippen molar-refractivity contribution < 1.29 is 9.53 Å². The van der Waals surface area contributed by atoms with Gasteiger partial charge >= 0.3 is 6.09 Å². The van der Waals surface area contributed by atoms with Crippen molar-refractivity contribution in [3.8, 4) is 11.1 Å². The molecule has 0 atom stereocenters. The number of hydrogen-bond acceptors (Lipinski definition) is 4. The minimum absolute atomic E-state index is 0.411. The number of nitrogens with two attached hydrogens (primary N) is 1. The second-order valence-electron chi connectivity index (χ2n) is 4.76. The smallest absolute Gasteiger partial charge is 0.413 e. The molecule has 0 spiro atoms. The molecule has 2 N–H and O–H groups in total. The van der Waals surface area contributed by atoms with Crippen molar-refractivity contribution in [3.05, 3.63) is 42.6 Å². The van der Waals surface area contributed by atoms with Crippen LogP contribution in [-0.4, -0.2) is 25.2 Å². The lowest BCUT2D eigenvalue weighted by atomic mass is 10.1. The molecule has 0 aliphatic heterocycles. The second kappa shape index (κ2) is 8.67. The third kappa shape index (κ3) is 4.77. The van der Waals surface area contributed by atoms with Crippen molar-refractivity contribution >= 4 is 17.6 Å². The van der Waals surface area contributed by atoms with Crippen LogP contribution in [0.4, 0.5) is 16.3 Å². The van der Waals surface area contributed by atoms with E-state index in [4.69, 9.17) is 5.73 Å². The summed E-state index contributed by atoms with van der Waals surface area (Å²) in [6.07, 6.45) is 2.49. The van der Waals surface area contributed by atoms with Gasteiger partial charge in [-0.1, -0.05) is 32.4 Å². The number of benzene rings is 1. The molecule has 118 valence electrons. The van der Waals surface area contributed by atoms with E-state index in [2.05, 4.69) is 23.6 Å². The van der Waals surface area contributed by atoms with Crippen LogP contribution in [0.2, 0.25) is 0 Å². The minimum atomic E-state index is -0.411. The molecule has 0 fully saturated rings. The van der Waals surface area contributed by atoms with Gasteiger partial charge in [0.05, 0.1) is 7.11 Å².